The van der Waals surface area contributed by atoms with Crippen LogP contribution in [0, 0.1) is 6.92 Å². The van der Waals surface area contributed by atoms with Crippen molar-refractivity contribution in [2.75, 3.05) is 19.8 Å². The van der Waals surface area contributed by atoms with Crippen molar-refractivity contribution in [2.45, 2.75) is 33.4 Å². The van der Waals surface area contributed by atoms with Crippen LogP contribution in [0.5, 0.6) is 0 Å². The van der Waals surface area contributed by atoms with E-state index in [0.717, 1.165) is 54.4 Å². The lowest BCUT2D eigenvalue weighted by Gasteiger charge is -2.12. The first-order valence-corrected chi connectivity index (χ1v) is 9.17. The molecule has 27 heavy (non-hydrogen) atoms. The van der Waals surface area contributed by atoms with Gasteiger partial charge in [-0.2, -0.15) is 0 Å². The molecule has 2 rings (SSSR count). The fourth-order valence-corrected chi connectivity index (χ4v) is 2.35. The van der Waals surface area contributed by atoms with Gasteiger partial charge in [-0.3, -0.25) is 0 Å². The number of benzene rings is 1. The Morgan fingerprint density at radius 1 is 1.22 bits per heavy atom. The molecule has 9 heteroatoms. The molecular formula is C18H28ClIN6O. The summed E-state index contributed by atoms with van der Waals surface area (Å²) in [6, 6.07) is 7.70. The number of aromatic nitrogens is 3. The van der Waals surface area contributed by atoms with Crippen LogP contribution in [0.15, 0.2) is 29.3 Å². The number of aliphatic imine (C=N–C) groups is 1. The third-order valence-corrected chi connectivity index (χ3v) is 4.14. The zero-order chi connectivity index (χ0) is 18.8. The van der Waals surface area contributed by atoms with Crippen LogP contribution in [0.1, 0.15) is 30.6 Å². The van der Waals surface area contributed by atoms with Crippen LogP contribution in [-0.2, 0) is 24.9 Å². The molecule has 0 spiro atoms. The van der Waals surface area contributed by atoms with Crippen LogP contribution in [0.25, 0.3) is 0 Å². The third kappa shape index (κ3) is 8.44. The van der Waals surface area contributed by atoms with E-state index in [1.165, 1.54) is 0 Å². The maximum Gasteiger partial charge on any atom is 0.191 e. The van der Waals surface area contributed by atoms with E-state index in [-0.39, 0.29) is 24.0 Å². The number of ether oxygens (including phenoxy) is 1. The Balaban J connectivity index is 0.00000364. The molecule has 2 N–H and O–H groups in total. The van der Waals surface area contributed by atoms with Gasteiger partial charge in [-0.05, 0) is 38.0 Å². The number of rotatable bonds is 9. The normalized spacial score (nSPS) is 11.2. The number of halogens is 2. The van der Waals surface area contributed by atoms with Gasteiger partial charge in [-0.15, -0.1) is 34.2 Å². The lowest BCUT2D eigenvalue weighted by atomic mass is 10.2. The molecule has 1 aromatic carbocycles. The largest absolute Gasteiger partial charge is 0.382 e. The van der Waals surface area contributed by atoms with Crippen molar-refractivity contribution in [3.63, 3.8) is 0 Å². The molecule has 0 saturated carbocycles. The Hall–Kier alpha value is -1.39. The molecule has 0 aliphatic carbocycles. The van der Waals surface area contributed by atoms with Crippen LogP contribution in [-0.4, -0.2) is 40.5 Å². The van der Waals surface area contributed by atoms with E-state index < -0.39 is 0 Å². The highest BCUT2D eigenvalue weighted by Crippen LogP contribution is 2.10. The minimum Gasteiger partial charge on any atom is -0.382 e. The second kappa shape index (κ2) is 12.9. The summed E-state index contributed by atoms with van der Waals surface area (Å²) in [5, 5.41) is 15.6. The minimum absolute atomic E-state index is 0. The Bertz CT molecular complexity index is 704. The van der Waals surface area contributed by atoms with Crippen molar-refractivity contribution in [1.29, 1.82) is 0 Å². The van der Waals surface area contributed by atoms with Crippen LogP contribution >= 0.6 is 35.6 Å². The van der Waals surface area contributed by atoms with Crippen LogP contribution < -0.4 is 10.6 Å². The van der Waals surface area contributed by atoms with Crippen LogP contribution in [0.4, 0.5) is 0 Å². The van der Waals surface area contributed by atoms with Crippen LogP contribution in [0.2, 0.25) is 5.02 Å². The summed E-state index contributed by atoms with van der Waals surface area (Å²) in [5.41, 5.74) is 1.10. The Labute approximate surface area is 183 Å². The first-order chi connectivity index (χ1) is 12.6. The number of nitrogens with zero attached hydrogens (tertiary/aromatic N) is 4. The molecule has 0 aliphatic rings. The number of aryl methyl sites for hydroxylation is 1. The summed E-state index contributed by atoms with van der Waals surface area (Å²) < 4.78 is 7.33. The summed E-state index contributed by atoms with van der Waals surface area (Å²) in [6.45, 7) is 7.29. The first kappa shape index (κ1) is 23.6. The predicted octanol–water partition coefficient (Wildman–Crippen LogP) is 3.06. The molecule has 0 bridgehead atoms. The van der Waals surface area contributed by atoms with Gasteiger partial charge in [-0.1, -0.05) is 23.7 Å². The average Bonchev–Trinajstić information content (AvgIpc) is 2.96. The maximum absolute atomic E-state index is 5.93. The second-order valence-electron chi connectivity index (χ2n) is 5.84. The van der Waals surface area contributed by atoms with Gasteiger partial charge in [0, 0.05) is 31.8 Å². The summed E-state index contributed by atoms with van der Waals surface area (Å²) in [7, 11) is 1.95. The molecule has 0 unspecified atom stereocenters. The Kier molecular flexibility index (Phi) is 11.3. The molecule has 150 valence electrons. The Morgan fingerprint density at radius 2 is 1.96 bits per heavy atom. The fraction of sp³-hybridized carbons (Fsp3) is 0.500. The summed E-state index contributed by atoms with van der Waals surface area (Å²) >= 11 is 5.93. The smallest absolute Gasteiger partial charge is 0.191 e. The first-order valence-electron chi connectivity index (χ1n) is 8.79. The SMILES string of the molecule is CCOCCCNC(=NCc1ccc(Cl)cc1)NCc1nnc(C)n1C.I. The fourth-order valence-electron chi connectivity index (χ4n) is 2.23. The third-order valence-electron chi connectivity index (χ3n) is 3.89. The zero-order valence-corrected chi connectivity index (χ0v) is 19.1. The van der Waals surface area contributed by atoms with E-state index in [9.17, 15) is 0 Å². The van der Waals surface area contributed by atoms with Gasteiger partial charge in [0.05, 0.1) is 13.1 Å². The Morgan fingerprint density at radius 3 is 2.59 bits per heavy atom. The van der Waals surface area contributed by atoms with Gasteiger partial charge >= 0.3 is 0 Å². The molecular weight excluding hydrogens is 479 g/mol. The second-order valence-corrected chi connectivity index (χ2v) is 6.28. The van der Waals surface area contributed by atoms with Gasteiger partial charge in [0.2, 0.25) is 0 Å². The quantitative estimate of drug-likeness (QED) is 0.237. The van der Waals surface area contributed by atoms with Gasteiger partial charge in [0.25, 0.3) is 0 Å². The number of guanidine groups is 1. The number of nitrogens with one attached hydrogen (secondary N) is 2. The van der Waals surface area contributed by atoms with Crippen molar-refractivity contribution in [2.24, 2.45) is 12.0 Å². The number of hydrogen-bond acceptors (Lipinski definition) is 4. The summed E-state index contributed by atoms with van der Waals surface area (Å²) in [5.74, 6) is 2.47. The van der Waals surface area contributed by atoms with E-state index in [2.05, 4.69) is 25.8 Å². The lowest BCUT2D eigenvalue weighted by Crippen LogP contribution is -2.38. The highest BCUT2D eigenvalue weighted by atomic mass is 127. The number of hydrogen-bond donors (Lipinski definition) is 2. The van der Waals surface area contributed by atoms with Gasteiger partial charge in [-0.25, -0.2) is 4.99 Å². The topological polar surface area (TPSA) is 76.4 Å². The highest BCUT2D eigenvalue weighted by Gasteiger charge is 2.06. The summed E-state index contributed by atoms with van der Waals surface area (Å²) in [6.07, 6.45) is 0.915. The van der Waals surface area contributed by atoms with Gasteiger partial charge < -0.3 is 19.9 Å². The van der Waals surface area contributed by atoms with Crippen molar-refractivity contribution in [3.8, 4) is 0 Å². The molecule has 1 heterocycles. The molecule has 2 aromatic rings. The summed E-state index contributed by atoms with van der Waals surface area (Å²) in [4.78, 5) is 4.65. The van der Waals surface area contributed by atoms with E-state index in [1.807, 2.05) is 49.7 Å². The molecule has 0 saturated heterocycles. The predicted molar refractivity (Wildman–Crippen MR) is 120 cm³/mol. The molecule has 1 aromatic heterocycles. The van der Waals surface area contributed by atoms with E-state index in [0.29, 0.717) is 13.1 Å². The molecule has 0 aliphatic heterocycles. The van der Waals surface area contributed by atoms with Gasteiger partial charge in [0.15, 0.2) is 11.8 Å². The van der Waals surface area contributed by atoms with E-state index in [1.54, 1.807) is 0 Å². The maximum atomic E-state index is 5.93. The molecule has 7 nitrogen and oxygen atoms in total. The monoisotopic (exact) mass is 506 g/mol. The molecule has 0 radical (unpaired) electrons. The van der Waals surface area contributed by atoms with Crippen molar-refractivity contribution in [3.05, 3.63) is 46.5 Å². The van der Waals surface area contributed by atoms with Crippen LogP contribution in [0.3, 0.4) is 0 Å². The zero-order valence-electron chi connectivity index (χ0n) is 16.0. The van der Waals surface area contributed by atoms with Crippen molar-refractivity contribution in [1.82, 2.24) is 25.4 Å². The van der Waals surface area contributed by atoms with Crippen molar-refractivity contribution < 1.29 is 4.74 Å². The standard InChI is InChI=1S/C18H27ClN6O.HI/c1-4-26-11-5-10-20-18(21-12-15-6-8-16(19)9-7-15)22-13-17-24-23-14(2)25(17)3;/h6-9H,4-5,10-13H2,1-3H3,(H2,20,21,22);1H. The minimum atomic E-state index is 0. The van der Waals surface area contributed by atoms with Crippen molar-refractivity contribution >= 4 is 41.5 Å². The lowest BCUT2D eigenvalue weighted by molar-refractivity contribution is 0.145. The molecule has 0 fully saturated rings. The van der Waals surface area contributed by atoms with E-state index in [4.69, 9.17) is 16.3 Å². The van der Waals surface area contributed by atoms with Gasteiger partial charge in [0.1, 0.15) is 5.82 Å². The molecule has 0 atom stereocenters. The molecule has 0 amide bonds. The van der Waals surface area contributed by atoms with E-state index >= 15 is 0 Å². The highest BCUT2D eigenvalue weighted by molar-refractivity contribution is 14.0. The average molecular weight is 507 g/mol.